The van der Waals surface area contributed by atoms with Gasteiger partial charge in [0.25, 0.3) is 5.91 Å². The monoisotopic (exact) mass is 315 g/mol. The van der Waals surface area contributed by atoms with Crippen molar-refractivity contribution in [2.24, 2.45) is 0 Å². The number of pyridine rings is 1. The van der Waals surface area contributed by atoms with Crippen molar-refractivity contribution in [3.8, 4) is 5.75 Å². The molecule has 2 aliphatic heterocycles. The summed E-state index contributed by atoms with van der Waals surface area (Å²) in [5, 5.41) is 0. The molecule has 0 saturated carbocycles. The first kappa shape index (κ1) is 14.2. The fourth-order valence-electron chi connectivity index (χ4n) is 3.19. The molecule has 0 bridgehead atoms. The number of hydrogen-bond acceptors (Lipinski definition) is 6. The Morgan fingerprint density at radius 3 is 3.09 bits per heavy atom. The van der Waals surface area contributed by atoms with E-state index < -0.39 is 0 Å². The summed E-state index contributed by atoms with van der Waals surface area (Å²) in [7, 11) is 0. The van der Waals surface area contributed by atoms with Crippen molar-refractivity contribution in [2.45, 2.75) is 24.5 Å². The Morgan fingerprint density at radius 2 is 2.35 bits per heavy atom. The van der Waals surface area contributed by atoms with Crippen LogP contribution in [0.2, 0.25) is 0 Å². The molecule has 7 nitrogen and oxygen atoms in total. The smallest absolute Gasteiger partial charge is 0.276 e. The fraction of sp³-hybridized carbons (Fsp3) is 0.438. The minimum absolute atomic E-state index is 0.0808. The van der Waals surface area contributed by atoms with Crippen molar-refractivity contribution in [3.05, 3.63) is 42.9 Å². The summed E-state index contributed by atoms with van der Waals surface area (Å²) in [6.45, 7) is 1.76. The Kier molecular flexibility index (Phi) is 3.49. The molecule has 0 radical (unpaired) electrons. The number of carbonyl (C=O) groups is 1. The van der Waals surface area contributed by atoms with E-state index in [1.807, 2.05) is 12.1 Å². The molecule has 120 valence electrons. The van der Waals surface area contributed by atoms with E-state index in [1.165, 1.54) is 12.7 Å². The third-order valence-corrected chi connectivity index (χ3v) is 4.28. The van der Waals surface area contributed by atoms with Gasteiger partial charge in [0.2, 0.25) is 0 Å². The quantitative estimate of drug-likeness (QED) is 0.854. The molecule has 4 heterocycles. The topological polar surface area (TPSA) is 77.7 Å². The minimum atomic E-state index is -0.301. The second kappa shape index (κ2) is 5.66. The predicted octanol–water partition coefficient (Wildman–Crippen LogP) is 1.52. The molecule has 2 saturated heterocycles. The first-order valence-corrected chi connectivity index (χ1v) is 7.62. The van der Waals surface area contributed by atoms with Crippen LogP contribution in [0.1, 0.15) is 23.3 Å². The number of likely N-dealkylation sites (tertiary alicyclic amines) is 1. The summed E-state index contributed by atoms with van der Waals surface area (Å²) in [6, 6.07) is 3.75. The Bertz CT molecular complexity index is 668. The zero-order chi connectivity index (χ0) is 15.7. The molecule has 2 fully saturated rings. The molecule has 0 aromatic carbocycles. The Hall–Kier alpha value is -2.41. The van der Waals surface area contributed by atoms with Gasteiger partial charge < -0.3 is 18.8 Å². The number of hydrogen-bond donors (Lipinski definition) is 0. The molecule has 1 spiro atoms. The maximum atomic E-state index is 12.2. The molecule has 0 aliphatic carbocycles. The lowest BCUT2D eigenvalue weighted by Crippen LogP contribution is -2.67. The van der Waals surface area contributed by atoms with Gasteiger partial charge in [-0.25, -0.2) is 4.98 Å². The van der Waals surface area contributed by atoms with Crippen LogP contribution in [0.25, 0.3) is 0 Å². The van der Waals surface area contributed by atoms with Crippen molar-refractivity contribution >= 4 is 5.91 Å². The lowest BCUT2D eigenvalue weighted by molar-refractivity contribution is -0.173. The van der Waals surface area contributed by atoms with Crippen molar-refractivity contribution in [1.82, 2.24) is 14.9 Å². The summed E-state index contributed by atoms with van der Waals surface area (Å²) in [5.74, 6) is 0.646. The normalized spacial score (nSPS) is 22.6. The van der Waals surface area contributed by atoms with E-state index in [9.17, 15) is 4.79 Å². The lowest BCUT2D eigenvalue weighted by atomic mass is 9.84. The van der Waals surface area contributed by atoms with Gasteiger partial charge in [-0.05, 0) is 12.1 Å². The Balaban J connectivity index is 1.36. The zero-order valence-corrected chi connectivity index (χ0v) is 12.6. The van der Waals surface area contributed by atoms with Crippen LogP contribution < -0.4 is 4.74 Å². The first-order valence-electron chi connectivity index (χ1n) is 7.62. The highest BCUT2D eigenvalue weighted by Gasteiger charge is 2.50. The number of ether oxygens (including phenoxy) is 2. The van der Waals surface area contributed by atoms with Crippen molar-refractivity contribution < 1.29 is 18.7 Å². The molecule has 0 N–H and O–H groups in total. The second-order valence-electron chi connectivity index (χ2n) is 5.99. The minimum Gasteiger partial charge on any atom is -0.489 e. The van der Waals surface area contributed by atoms with Crippen molar-refractivity contribution in [2.75, 3.05) is 19.7 Å². The van der Waals surface area contributed by atoms with Gasteiger partial charge in [0, 0.05) is 19.0 Å². The van der Waals surface area contributed by atoms with Gasteiger partial charge in [0.05, 0.1) is 25.9 Å². The molecule has 2 aliphatic rings. The van der Waals surface area contributed by atoms with Gasteiger partial charge in [-0.3, -0.25) is 9.78 Å². The highest BCUT2D eigenvalue weighted by Crippen LogP contribution is 2.36. The maximum Gasteiger partial charge on any atom is 0.276 e. The Labute approximate surface area is 133 Å². The highest BCUT2D eigenvalue weighted by molar-refractivity contribution is 5.92. The third-order valence-electron chi connectivity index (χ3n) is 4.28. The first-order chi connectivity index (χ1) is 11.2. The van der Waals surface area contributed by atoms with Crippen LogP contribution in [0.4, 0.5) is 0 Å². The number of carbonyl (C=O) groups excluding carboxylic acids is 1. The predicted molar refractivity (Wildman–Crippen MR) is 79.0 cm³/mol. The molecular formula is C16H17N3O4. The van der Waals surface area contributed by atoms with Crippen LogP contribution in [0.15, 0.2) is 41.6 Å². The van der Waals surface area contributed by atoms with E-state index in [1.54, 1.807) is 17.3 Å². The molecule has 1 atom stereocenters. The SMILES string of the molecule is O=C(c1cocn1)N1CC2(C[C@@H](Oc3cccnc3)CCO2)C1. The number of amides is 1. The molecule has 0 unspecified atom stereocenters. The molecular weight excluding hydrogens is 298 g/mol. The molecule has 1 amide bonds. The molecule has 4 rings (SSSR count). The van der Waals surface area contributed by atoms with Crippen LogP contribution >= 0.6 is 0 Å². The van der Waals surface area contributed by atoms with Gasteiger partial charge in [0.15, 0.2) is 12.1 Å². The average molecular weight is 315 g/mol. The van der Waals surface area contributed by atoms with Gasteiger partial charge in [-0.1, -0.05) is 0 Å². The van der Waals surface area contributed by atoms with E-state index in [-0.39, 0.29) is 17.6 Å². The van der Waals surface area contributed by atoms with Crippen LogP contribution in [-0.2, 0) is 4.74 Å². The van der Waals surface area contributed by atoms with E-state index in [0.717, 1.165) is 18.6 Å². The van der Waals surface area contributed by atoms with Gasteiger partial charge in [-0.2, -0.15) is 0 Å². The molecule has 2 aromatic heterocycles. The second-order valence-corrected chi connectivity index (χ2v) is 5.99. The van der Waals surface area contributed by atoms with E-state index >= 15 is 0 Å². The fourth-order valence-corrected chi connectivity index (χ4v) is 3.19. The molecule has 23 heavy (non-hydrogen) atoms. The third kappa shape index (κ3) is 2.79. The van der Waals surface area contributed by atoms with Gasteiger partial charge in [0.1, 0.15) is 23.7 Å². The largest absolute Gasteiger partial charge is 0.489 e. The maximum absolute atomic E-state index is 12.2. The van der Waals surface area contributed by atoms with Crippen LogP contribution in [0, 0.1) is 0 Å². The standard InChI is InChI=1S/C16H17N3O4/c20-15(14-8-21-11-18-14)19-9-16(10-19)6-12(3-5-22-16)23-13-2-1-4-17-7-13/h1-2,4,7-8,11-12H,3,5-6,9-10H2/t12-/m0/s1. The van der Waals surface area contributed by atoms with Crippen molar-refractivity contribution in [1.29, 1.82) is 0 Å². The number of nitrogens with zero attached hydrogens (tertiary/aromatic N) is 3. The van der Waals surface area contributed by atoms with E-state index in [0.29, 0.717) is 25.4 Å². The van der Waals surface area contributed by atoms with Crippen LogP contribution in [0.5, 0.6) is 5.75 Å². The van der Waals surface area contributed by atoms with Crippen LogP contribution in [-0.4, -0.2) is 52.2 Å². The molecule has 2 aromatic rings. The summed E-state index contributed by atoms with van der Waals surface area (Å²) >= 11 is 0. The number of oxazole rings is 1. The zero-order valence-electron chi connectivity index (χ0n) is 12.6. The highest BCUT2D eigenvalue weighted by atomic mass is 16.5. The van der Waals surface area contributed by atoms with E-state index in [4.69, 9.17) is 13.9 Å². The number of aromatic nitrogens is 2. The van der Waals surface area contributed by atoms with Crippen LogP contribution in [0.3, 0.4) is 0 Å². The summed E-state index contributed by atoms with van der Waals surface area (Å²) in [6.07, 6.45) is 7.75. The summed E-state index contributed by atoms with van der Waals surface area (Å²) in [4.78, 5) is 21.9. The van der Waals surface area contributed by atoms with Gasteiger partial charge in [-0.15, -0.1) is 0 Å². The summed E-state index contributed by atoms with van der Waals surface area (Å²) in [5.41, 5.74) is 0.0312. The van der Waals surface area contributed by atoms with E-state index in [2.05, 4.69) is 9.97 Å². The molecule has 7 heteroatoms. The van der Waals surface area contributed by atoms with Gasteiger partial charge >= 0.3 is 0 Å². The average Bonchev–Trinajstić information content (AvgIpc) is 3.07. The Morgan fingerprint density at radius 1 is 1.43 bits per heavy atom. The number of rotatable bonds is 3. The summed E-state index contributed by atoms with van der Waals surface area (Å²) < 4.78 is 16.8. The van der Waals surface area contributed by atoms with Crippen molar-refractivity contribution in [3.63, 3.8) is 0 Å². The lowest BCUT2D eigenvalue weighted by Gasteiger charge is -2.52.